The molecule has 2 aromatic heterocycles. The summed E-state index contributed by atoms with van der Waals surface area (Å²) >= 11 is 0. The van der Waals surface area contributed by atoms with E-state index in [2.05, 4.69) is 190 Å². The van der Waals surface area contributed by atoms with Crippen molar-refractivity contribution in [3.63, 3.8) is 0 Å². The van der Waals surface area contributed by atoms with Gasteiger partial charge in [0.2, 0.25) is 46.0 Å². The standard InChI is InChI=1S/C56H42N4O2.2C7H8O3S/c1-39(61)57-49-27-31-51(32-28-49)59-53(43-15-7-3-8-16-43)35-47(36-54(59)44-17-9-4-10-18-44)41-23-25-42(26-24-41)48-37-55(45-19-11-5-12-20-45)60(56(38-48)46-21-13-6-14-22-46)52-33-29-50(30-34-52)58-40(2)62;2*1-6-2-4-7(5-3-6)11(8,9)10/h3-38H,1-2H3;2*2-5H,1H3,(H,8,9,10). The lowest BCUT2D eigenvalue weighted by atomic mass is 9.95. The Morgan fingerprint density at radius 1 is 0.321 bits per heavy atom. The average molecular weight is 1150 g/mol. The lowest BCUT2D eigenvalue weighted by molar-refractivity contribution is -0.572. The Labute approximate surface area is 490 Å². The van der Waals surface area contributed by atoms with Gasteiger partial charge in [0.25, 0.3) is 0 Å². The van der Waals surface area contributed by atoms with Crippen molar-refractivity contribution in [2.24, 2.45) is 0 Å². The number of pyridine rings is 2. The normalized spacial score (nSPS) is 11.0. The zero-order valence-electron chi connectivity index (χ0n) is 46.4. The predicted molar refractivity (Wildman–Crippen MR) is 329 cm³/mol. The smallest absolute Gasteiger partial charge is 0.221 e. The van der Waals surface area contributed by atoms with E-state index in [-0.39, 0.29) is 21.6 Å². The third kappa shape index (κ3) is 14.9. The molecule has 14 heteroatoms. The Kier molecular flexibility index (Phi) is 18.4. The Bertz CT molecular complexity index is 3900. The molecule has 2 amide bonds. The number of aromatic nitrogens is 2. The summed E-state index contributed by atoms with van der Waals surface area (Å²) in [6.45, 7) is 6.68. The second-order valence-electron chi connectivity index (χ2n) is 19.7. The monoisotopic (exact) mass is 1150 g/mol. The zero-order valence-corrected chi connectivity index (χ0v) is 48.0. The molecule has 9 aromatic carbocycles. The summed E-state index contributed by atoms with van der Waals surface area (Å²) in [7, 11) is -8.54. The summed E-state index contributed by atoms with van der Waals surface area (Å²) in [5.41, 5.74) is 18.1. The molecule has 0 aliphatic carbocycles. The van der Waals surface area contributed by atoms with Crippen molar-refractivity contribution in [3.8, 4) is 78.7 Å². The molecule has 84 heavy (non-hydrogen) atoms. The van der Waals surface area contributed by atoms with Crippen LogP contribution in [-0.2, 0) is 29.8 Å². The number of nitrogens with one attached hydrogen (secondary N) is 2. The maximum Gasteiger partial charge on any atom is 0.221 e. The molecule has 0 aliphatic rings. The first kappa shape index (κ1) is 58.7. The number of carbonyl (C=O) groups excluding carboxylic acids is 2. The molecule has 0 spiro atoms. The number of hydrogen-bond donors (Lipinski definition) is 2. The molecule has 2 N–H and O–H groups in total. The molecule has 0 bridgehead atoms. The van der Waals surface area contributed by atoms with Gasteiger partial charge >= 0.3 is 0 Å². The van der Waals surface area contributed by atoms with E-state index in [4.69, 9.17) is 0 Å². The van der Waals surface area contributed by atoms with E-state index < -0.39 is 20.2 Å². The van der Waals surface area contributed by atoms with Gasteiger partial charge in [0.1, 0.15) is 20.2 Å². The Balaban J connectivity index is 0.000000320. The minimum Gasteiger partial charge on any atom is -0.744 e. The van der Waals surface area contributed by atoms with Crippen molar-refractivity contribution in [2.75, 3.05) is 10.6 Å². The van der Waals surface area contributed by atoms with Crippen LogP contribution in [0.4, 0.5) is 11.4 Å². The van der Waals surface area contributed by atoms with Gasteiger partial charge in [-0.3, -0.25) is 9.59 Å². The Hall–Kier alpha value is -9.96. The molecular weight excluding hydrogens is 1090 g/mol. The van der Waals surface area contributed by atoms with E-state index in [0.29, 0.717) is 0 Å². The van der Waals surface area contributed by atoms with Crippen LogP contribution in [0.25, 0.3) is 78.7 Å². The molecule has 2 heterocycles. The molecule has 0 fully saturated rings. The number of amides is 2. The maximum atomic E-state index is 11.8. The fraction of sp³-hybridized carbons (Fsp3) is 0.0571. The molecule has 0 radical (unpaired) electrons. The quantitative estimate of drug-likeness (QED) is 0.0895. The molecule has 11 rings (SSSR count). The van der Waals surface area contributed by atoms with Crippen molar-refractivity contribution < 1.29 is 44.7 Å². The molecular formula is C70H58N4O8S2. The van der Waals surface area contributed by atoms with Crippen molar-refractivity contribution in [1.82, 2.24) is 0 Å². The van der Waals surface area contributed by atoms with E-state index in [9.17, 15) is 35.5 Å². The van der Waals surface area contributed by atoms with Crippen LogP contribution in [0.1, 0.15) is 25.0 Å². The van der Waals surface area contributed by atoms with Crippen LogP contribution < -0.4 is 19.8 Å². The second kappa shape index (κ2) is 26.3. The number of nitrogens with zero attached hydrogens (tertiary/aromatic N) is 2. The van der Waals surface area contributed by atoms with Crippen LogP contribution in [-0.4, -0.2) is 37.8 Å². The first-order chi connectivity index (χ1) is 40.4. The molecule has 11 aromatic rings. The highest BCUT2D eigenvalue weighted by Crippen LogP contribution is 2.35. The number of hydrogen-bond acceptors (Lipinski definition) is 8. The molecule has 0 atom stereocenters. The highest BCUT2D eigenvalue weighted by Gasteiger charge is 2.27. The van der Waals surface area contributed by atoms with Crippen LogP contribution in [0.15, 0.2) is 277 Å². The van der Waals surface area contributed by atoms with Crippen LogP contribution in [0, 0.1) is 13.8 Å². The van der Waals surface area contributed by atoms with Gasteiger partial charge in [0.05, 0.1) is 9.79 Å². The second-order valence-corrected chi connectivity index (χ2v) is 22.5. The maximum absolute atomic E-state index is 11.8. The van der Waals surface area contributed by atoms with Crippen molar-refractivity contribution >= 4 is 43.4 Å². The summed E-state index contributed by atoms with van der Waals surface area (Å²) in [5, 5.41) is 5.80. The zero-order chi connectivity index (χ0) is 59.4. The van der Waals surface area contributed by atoms with E-state index in [0.717, 1.165) is 101 Å². The van der Waals surface area contributed by atoms with Crippen LogP contribution in [0.3, 0.4) is 0 Å². The van der Waals surface area contributed by atoms with Crippen molar-refractivity contribution in [3.05, 3.63) is 278 Å². The number of aryl methyl sites for hydroxylation is 2. The number of rotatable bonds is 12. The topological polar surface area (TPSA) is 180 Å². The summed E-state index contributed by atoms with van der Waals surface area (Å²) in [6.07, 6.45) is 0. The fourth-order valence-electron chi connectivity index (χ4n) is 9.42. The van der Waals surface area contributed by atoms with Crippen LogP contribution >= 0.6 is 0 Å². The molecule has 418 valence electrons. The van der Waals surface area contributed by atoms with Crippen molar-refractivity contribution in [1.29, 1.82) is 0 Å². The average Bonchev–Trinajstić information content (AvgIpc) is 2.60. The highest BCUT2D eigenvalue weighted by molar-refractivity contribution is 7.86. The van der Waals surface area contributed by atoms with E-state index in [1.807, 2.05) is 62.4 Å². The summed E-state index contributed by atoms with van der Waals surface area (Å²) in [5.74, 6) is -0.210. The van der Waals surface area contributed by atoms with E-state index in [1.54, 1.807) is 24.3 Å². The van der Waals surface area contributed by atoms with Gasteiger partial charge in [0, 0.05) is 96.0 Å². The van der Waals surface area contributed by atoms with Crippen LogP contribution in [0.2, 0.25) is 0 Å². The first-order valence-electron chi connectivity index (χ1n) is 26.7. The minimum absolute atomic E-state index is 0.105. The summed E-state index contributed by atoms with van der Waals surface area (Å²) in [6, 6.07) is 87.4. The van der Waals surface area contributed by atoms with Crippen molar-refractivity contribution in [2.45, 2.75) is 37.5 Å². The fourth-order valence-corrected chi connectivity index (χ4v) is 10.4. The number of benzene rings is 9. The summed E-state index contributed by atoms with van der Waals surface area (Å²) < 4.78 is 66.9. The Morgan fingerprint density at radius 2 is 0.571 bits per heavy atom. The molecule has 0 unspecified atom stereocenters. The number of anilines is 2. The van der Waals surface area contributed by atoms with Gasteiger partial charge < -0.3 is 19.7 Å². The van der Waals surface area contributed by atoms with E-state index in [1.165, 1.54) is 38.1 Å². The third-order valence-electron chi connectivity index (χ3n) is 13.5. The summed E-state index contributed by atoms with van der Waals surface area (Å²) in [4.78, 5) is 23.3. The van der Waals surface area contributed by atoms with E-state index >= 15 is 0 Å². The lowest BCUT2D eigenvalue weighted by Gasteiger charge is -2.14. The SMILES string of the molecule is CC(=O)Nc1ccc(-[n+]2c(-c3ccccc3)cc(-c3ccc(-c4cc(-c5ccccc5)[n+](-c5ccc(NC(C)=O)cc5)c(-c5ccccc5)c4)cc3)cc2-c2ccccc2)cc1.Cc1ccc(S(=O)(=O)[O-])cc1.Cc1ccc(S(=O)(=O)[O-])cc1. The molecule has 12 nitrogen and oxygen atoms in total. The van der Waals surface area contributed by atoms with Gasteiger partial charge in [-0.15, -0.1) is 0 Å². The first-order valence-corrected chi connectivity index (χ1v) is 29.5. The highest BCUT2D eigenvalue weighted by atomic mass is 32.2. The lowest BCUT2D eigenvalue weighted by Crippen LogP contribution is -2.36. The van der Waals surface area contributed by atoms with Gasteiger partial charge in [0.15, 0.2) is 0 Å². The van der Waals surface area contributed by atoms with Crippen LogP contribution in [0.5, 0.6) is 0 Å². The largest absolute Gasteiger partial charge is 0.744 e. The predicted octanol–water partition coefficient (Wildman–Crippen LogP) is 14.0. The number of carbonyl (C=O) groups is 2. The molecule has 0 saturated carbocycles. The minimum atomic E-state index is -4.27. The third-order valence-corrected chi connectivity index (χ3v) is 15.2. The Morgan fingerprint density at radius 3 is 0.798 bits per heavy atom. The van der Waals surface area contributed by atoms with Gasteiger partial charge in [-0.05, 0) is 133 Å². The molecule has 0 saturated heterocycles. The van der Waals surface area contributed by atoms with Gasteiger partial charge in [-0.25, -0.2) is 16.8 Å². The van der Waals surface area contributed by atoms with Gasteiger partial charge in [-0.2, -0.15) is 9.13 Å². The van der Waals surface area contributed by atoms with Gasteiger partial charge in [-0.1, -0.05) is 132 Å². The molecule has 0 aliphatic heterocycles.